The van der Waals surface area contributed by atoms with E-state index in [-0.39, 0.29) is 0 Å². The molecule has 1 aromatic heterocycles. The van der Waals surface area contributed by atoms with Gasteiger partial charge in [0.25, 0.3) is 0 Å². The van der Waals surface area contributed by atoms with Crippen LogP contribution in [-0.4, -0.2) is 10.9 Å². The molecule has 0 fully saturated rings. The lowest BCUT2D eigenvalue weighted by Gasteiger charge is -1.89. The summed E-state index contributed by atoms with van der Waals surface area (Å²) in [4.78, 5) is 0.940. The van der Waals surface area contributed by atoms with E-state index >= 15 is 0 Å². The minimum atomic E-state index is 0.613. The number of hydrogen-bond donors (Lipinski definition) is 1. The zero-order valence-electron chi connectivity index (χ0n) is 7.49. The quantitative estimate of drug-likeness (QED) is 0.448. The van der Waals surface area contributed by atoms with Crippen LogP contribution in [0.5, 0.6) is 0 Å². The molecule has 2 nitrogen and oxygen atoms in total. The Morgan fingerprint density at radius 1 is 1.50 bits per heavy atom. The Morgan fingerprint density at radius 2 is 2.29 bits per heavy atom. The largest absolute Gasteiger partial charge is 0.411 e. The summed E-state index contributed by atoms with van der Waals surface area (Å²) >= 11 is 7.59. The standard InChI is InChI=1S/C10H8ClNOS/c1-6(12-13)10-5-7-8(11)3-2-4-9(7)14-10/h2-5,13H,1H3/b12-6-. The SMILES string of the molecule is C/C(=N/O)c1cc2c(Cl)cccc2s1. The summed E-state index contributed by atoms with van der Waals surface area (Å²) in [6, 6.07) is 7.71. The van der Waals surface area contributed by atoms with Gasteiger partial charge in [-0.15, -0.1) is 11.3 Å². The van der Waals surface area contributed by atoms with E-state index in [0.29, 0.717) is 5.71 Å². The van der Waals surface area contributed by atoms with Crippen LogP contribution in [0.4, 0.5) is 0 Å². The van der Waals surface area contributed by atoms with E-state index in [1.807, 2.05) is 24.3 Å². The molecule has 0 aliphatic heterocycles. The van der Waals surface area contributed by atoms with Gasteiger partial charge in [-0.25, -0.2) is 0 Å². The highest BCUT2D eigenvalue weighted by Crippen LogP contribution is 2.31. The van der Waals surface area contributed by atoms with E-state index < -0.39 is 0 Å². The lowest BCUT2D eigenvalue weighted by molar-refractivity contribution is 0.319. The summed E-state index contributed by atoms with van der Waals surface area (Å²) < 4.78 is 1.11. The predicted octanol–water partition coefficient (Wildman–Crippen LogP) is 3.75. The fourth-order valence-corrected chi connectivity index (χ4v) is 2.57. The number of oxime groups is 1. The highest BCUT2D eigenvalue weighted by atomic mass is 35.5. The number of halogens is 1. The number of thiophene rings is 1. The molecule has 1 aromatic carbocycles. The molecule has 0 saturated heterocycles. The minimum absolute atomic E-state index is 0.613. The third-order valence-corrected chi connectivity index (χ3v) is 3.55. The van der Waals surface area contributed by atoms with Gasteiger partial charge in [0.2, 0.25) is 0 Å². The number of fused-ring (bicyclic) bond motifs is 1. The molecule has 0 aliphatic rings. The van der Waals surface area contributed by atoms with Crippen molar-refractivity contribution < 1.29 is 5.21 Å². The molecule has 0 unspecified atom stereocenters. The van der Waals surface area contributed by atoms with Gasteiger partial charge < -0.3 is 5.21 Å². The van der Waals surface area contributed by atoms with Crippen molar-refractivity contribution in [1.29, 1.82) is 0 Å². The Morgan fingerprint density at radius 3 is 2.93 bits per heavy atom. The molecule has 0 atom stereocenters. The fraction of sp³-hybridized carbons (Fsp3) is 0.100. The van der Waals surface area contributed by atoms with Crippen molar-refractivity contribution in [2.24, 2.45) is 5.16 Å². The van der Waals surface area contributed by atoms with Gasteiger partial charge >= 0.3 is 0 Å². The van der Waals surface area contributed by atoms with Crippen molar-refractivity contribution in [3.8, 4) is 0 Å². The van der Waals surface area contributed by atoms with Gasteiger partial charge in [-0.2, -0.15) is 0 Å². The third kappa shape index (κ3) is 1.49. The number of rotatable bonds is 1. The second kappa shape index (κ2) is 3.59. The fourth-order valence-electron chi connectivity index (χ4n) is 1.25. The lowest BCUT2D eigenvalue weighted by Crippen LogP contribution is -1.87. The van der Waals surface area contributed by atoms with E-state index in [1.165, 1.54) is 0 Å². The minimum Gasteiger partial charge on any atom is -0.411 e. The zero-order chi connectivity index (χ0) is 10.1. The second-order valence-corrected chi connectivity index (χ2v) is 4.44. The molecule has 0 radical (unpaired) electrons. The van der Waals surface area contributed by atoms with Gasteiger partial charge in [0.05, 0.1) is 10.6 Å². The van der Waals surface area contributed by atoms with Crippen LogP contribution < -0.4 is 0 Å². The summed E-state index contributed by atoms with van der Waals surface area (Å²) in [6.07, 6.45) is 0. The maximum Gasteiger partial charge on any atom is 0.0936 e. The number of nitrogens with zero attached hydrogens (tertiary/aromatic N) is 1. The van der Waals surface area contributed by atoms with Crippen molar-refractivity contribution in [2.75, 3.05) is 0 Å². The first kappa shape index (κ1) is 9.49. The molecule has 0 aliphatic carbocycles. The van der Waals surface area contributed by atoms with Gasteiger partial charge in [0.1, 0.15) is 0 Å². The molecule has 0 spiro atoms. The molecule has 14 heavy (non-hydrogen) atoms. The molecule has 0 amide bonds. The Hall–Kier alpha value is -1.06. The Balaban J connectivity index is 2.68. The van der Waals surface area contributed by atoms with E-state index in [4.69, 9.17) is 16.8 Å². The van der Waals surface area contributed by atoms with Gasteiger partial charge in [-0.05, 0) is 25.1 Å². The van der Waals surface area contributed by atoms with Gasteiger partial charge in [-0.1, -0.05) is 22.8 Å². The molecule has 1 N–H and O–H groups in total. The summed E-state index contributed by atoms with van der Waals surface area (Å²) in [5.41, 5.74) is 0.613. The van der Waals surface area contributed by atoms with Crippen LogP contribution >= 0.6 is 22.9 Å². The lowest BCUT2D eigenvalue weighted by atomic mass is 10.2. The van der Waals surface area contributed by atoms with Crippen molar-refractivity contribution in [3.63, 3.8) is 0 Å². The highest BCUT2D eigenvalue weighted by molar-refractivity contribution is 7.21. The first-order valence-electron chi connectivity index (χ1n) is 4.09. The molecular formula is C10H8ClNOS. The van der Waals surface area contributed by atoms with Crippen molar-refractivity contribution in [3.05, 3.63) is 34.2 Å². The van der Waals surface area contributed by atoms with Gasteiger partial charge in [0, 0.05) is 15.1 Å². The molecule has 72 valence electrons. The predicted molar refractivity (Wildman–Crippen MR) is 60.8 cm³/mol. The van der Waals surface area contributed by atoms with Gasteiger partial charge in [0.15, 0.2) is 0 Å². The van der Waals surface area contributed by atoms with Crippen LogP contribution in [0.25, 0.3) is 10.1 Å². The van der Waals surface area contributed by atoms with Crippen LogP contribution in [0.15, 0.2) is 29.4 Å². The monoisotopic (exact) mass is 225 g/mol. The molecule has 4 heteroatoms. The summed E-state index contributed by atoms with van der Waals surface area (Å²) in [6.45, 7) is 1.76. The van der Waals surface area contributed by atoms with Crippen molar-refractivity contribution in [2.45, 2.75) is 6.92 Å². The first-order valence-corrected chi connectivity index (χ1v) is 5.29. The zero-order valence-corrected chi connectivity index (χ0v) is 9.06. The highest BCUT2D eigenvalue weighted by Gasteiger charge is 2.06. The van der Waals surface area contributed by atoms with Crippen LogP contribution in [0.2, 0.25) is 5.02 Å². The Labute approximate surface area is 90.4 Å². The maximum absolute atomic E-state index is 8.64. The van der Waals surface area contributed by atoms with E-state index in [2.05, 4.69) is 5.16 Å². The molecule has 0 saturated carbocycles. The summed E-state index contributed by atoms with van der Waals surface area (Å²) in [5.74, 6) is 0. The third-order valence-electron chi connectivity index (χ3n) is 2.01. The van der Waals surface area contributed by atoms with Crippen LogP contribution in [0.3, 0.4) is 0 Å². The average molecular weight is 226 g/mol. The van der Waals surface area contributed by atoms with Gasteiger partial charge in [-0.3, -0.25) is 0 Å². The topological polar surface area (TPSA) is 32.6 Å². The molecule has 2 aromatic rings. The Kier molecular flexibility index (Phi) is 2.44. The first-order chi connectivity index (χ1) is 6.72. The van der Waals surface area contributed by atoms with E-state index in [9.17, 15) is 0 Å². The number of hydrogen-bond acceptors (Lipinski definition) is 3. The summed E-state index contributed by atoms with van der Waals surface area (Å²) in [7, 11) is 0. The van der Waals surface area contributed by atoms with Crippen LogP contribution in [0, 0.1) is 0 Å². The van der Waals surface area contributed by atoms with Crippen LogP contribution in [-0.2, 0) is 0 Å². The van der Waals surface area contributed by atoms with E-state index in [1.54, 1.807) is 18.3 Å². The normalized spacial score (nSPS) is 12.3. The molecular weight excluding hydrogens is 218 g/mol. The average Bonchev–Trinajstić information content (AvgIpc) is 2.62. The molecule has 0 bridgehead atoms. The Bertz CT molecular complexity index is 504. The van der Waals surface area contributed by atoms with E-state index in [0.717, 1.165) is 20.0 Å². The van der Waals surface area contributed by atoms with Crippen molar-refractivity contribution in [1.82, 2.24) is 0 Å². The maximum atomic E-state index is 8.64. The molecule has 1 heterocycles. The van der Waals surface area contributed by atoms with Crippen LogP contribution in [0.1, 0.15) is 11.8 Å². The molecule has 2 rings (SSSR count). The van der Waals surface area contributed by atoms with Crippen molar-refractivity contribution >= 4 is 38.7 Å². The smallest absolute Gasteiger partial charge is 0.0936 e. The number of benzene rings is 1. The summed E-state index contributed by atoms with van der Waals surface area (Å²) in [5, 5.41) is 13.6. The second-order valence-electron chi connectivity index (χ2n) is 2.95.